The van der Waals surface area contributed by atoms with Crippen LogP contribution in [0.2, 0.25) is 0 Å². The predicted octanol–water partition coefficient (Wildman–Crippen LogP) is 4.83. The van der Waals surface area contributed by atoms with E-state index in [2.05, 4.69) is 11.7 Å². The van der Waals surface area contributed by atoms with Crippen molar-refractivity contribution in [2.75, 3.05) is 7.11 Å². The lowest BCUT2D eigenvalue weighted by molar-refractivity contribution is -0.144. The van der Waals surface area contributed by atoms with E-state index in [0.29, 0.717) is 32.1 Å². The SMILES string of the molecule is CCCCC[C@@H](/C=C/[C@@H]1[C@@H](C/C=C\CCCC(=O)OC)C(=O)C[C@H]1C(C#N)C#N)OC(C)=O. The molecule has 0 aromatic carbocycles. The van der Waals surface area contributed by atoms with Crippen molar-refractivity contribution >= 4 is 17.7 Å². The van der Waals surface area contributed by atoms with E-state index in [4.69, 9.17) is 4.74 Å². The Balaban J connectivity index is 2.94. The van der Waals surface area contributed by atoms with Crippen molar-refractivity contribution in [2.24, 2.45) is 23.7 Å². The van der Waals surface area contributed by atoms with Gasteiger partial charge in [-0.1, -0.05) is 38.0 Å². The Morgan fingerprint density at radius 1 is 1.18 bits per heavy atom. The van der Waals surface area contributed by atoms with E-state index in [1.807, 2.05) is 36.4 Å². The van der Waals surface area contributed by atoms with E-state index in [0.717, 1.165) is 19.3 Å². The second-order valence-electron chi connectivity index (χ2n) is 8.46. The molecule has 0 aromatic rings. The van der Waals surface area contributed by atoms with E-state index in [1.54, 1.807) is 0 Å². The third-order valence-corrected chi connectivity index (χ3v) is 6.01. The molecule has 1 rings (SSSR count). The van der Waals surface area contributed by atoms with Gasteiger partial charge in [-0.05, 0) is 44.1 Å². The van der Waals surface area contributed by atoms with Crippen LogP contribution in [0.4, 0.5) is 0 Å². The van der Waals surface area contributed by atoms with Crippen molar-refractivity contribution in [3.05, 3.63) is 24.3 Å². The van der Waals surface area contributed by atoms with Gasteiger partial charge >= 0.3 is 11.9 Å². The van der Waals surface area contributed by atoms with Gasteiger partial charge in [0.2, 0.25) is 0 Å². The van der Waals surface area contributed by atoms with Gasteiger partial charge in [0.1, 0.15) is 17.8 Å². The molecule has 0 aliphatic heterocycles. The summed E-state index contributed by atoms with van der Waals surface area (Å²) in [7, 11) is 1.36. The molecule has 0 N–H and O–H groups in total. The summed E-state index contributed by atoms with van der Waals surface area (Å²) in [6, 6.07) is 4.06. The minimum absolute atomic E-state index is 0.0411. The van der Waals surface area contributed by atoms with Gasteiger partial charge in [-0.15, -0.1) is 0 Å². The molecule has 180 valence electrons. The van der Waals surface area contributed by atoms with Crippen molar-refractivity contribution in [3.8, 4) is 12.1 Å². The molecule has 0 spiro atoms. The molecule has 1 aliphatic carbocycles. The molecular formula is C26H36N2O5. The maximum Gasteiger partial charge on any atom is 0.305 e. The molecule has 0 bridgehead atoms. The average Bonchev–Trinajstić information content (AvgIpc) is 3.09. The number of unbranched alkanes of at least 4 members (excludes halogenated alkanes) is 3. The number of hydrogen-bond acceptors (Lipinski definition) is 7. The first-order valence-electron chi connectivity index (χ1n) is 11.8. The van der Waals surface area contributed by atoms with E-state index in [-0.39, 0.29) is 48.0 Å². The number of carbonyl (C=O) groups is 3. The number of methoxy groups -OCH3 is 1. The Hall–Kier alpha value is -2.93. The lowest BCUT2D eigenvalue weighted by atomic mass is 9.80. The summed E-state index contributed by atoms with van der Waals surface area (Å²) in [5, 5.41) is 18.9. The molecule has 1 fully saturated rings. The van der Waals surface area contributed by atoms with Gasteiger partial charge < -0.3 is 9.47 Å². The van der Waals surface area contributed by atoms with Gasteiger partial charge in [-0.2, -0.15) is 10.5 Å². The molecule has 7 nitrogen and oxygen atoms in total. The number of hydrogen-bond donors (Lipinski definition) is 0. The summed E-state index contributed by atoms with van der Waals surface area (Å²) < 4.78 is 10.1. The molecule has 1 aliphatic rings. The zero-order valence-corrected chi connectivity index (χ0v) is 20.0. The molecule has 0 heterocycles. The maximum atomic E-state index is 12.8. The molecule has 7 heteroatoms. The molecule has 33 heavy (non-hydrogen) atoms. The van der Waals surface area contributed by atoms with Crippen molar-refractivity contribution in [3.63, 3.8) is 0 Å². The number of nitrogens with zero attached hydrogens (tertiary/aromatic N) is 2. The molecule has 0 amide bonds. The normalized spacial score (nSPS) is 21.3. The van der Waals surface area contributed by atoms with Crippen LogP contribution in [0.5, 0.6) is 0 Å². The summed E-state index contributed by atoms with van der Waals surface area (Å²) in [4.78, 5) is 35.5. The van der Waals surface area contributed by atoms with Crippen molar-refractivity contribution < 1.29 is 23.9 Å². The second kappa shape index (κ2) is 15.8. The van der Waals surface area contributed by atoms with Crippen LogP contribution in [-0.4, -0.2) is 30.9 Å². The van der Waals surface area contributed by atoms with Gasteiger partial charge in [0.15, 0.2) is 0 Å². The Morgan fingerprint density at radius 2 is 1.91 bits per heavy atom. The van der Waals surface area contributed by atoms with E-state index in [1.165, 1.54) is 14.0 Å². The predicted molar refractivity (Wildman–Crippen MR) is 123 cm³/mol. The molecule has 0 saturated heterocycles. The van der Waals surface area contributed by atoms with Crippen LogP contribution in [0.15, 0.2) is 24.3 Å². The first kappa shape index (κ1) is 28.1. The van der Waals surface area contributed by atoms with Crippen molar-refractivity contribution in [1.82, 2.24) is 0 Å². The van der Waals surface area contributed by atoms with Crippen LogP contribution in [0, 0.1) is 46.3 Å². The Morgan fingerprint density at radius 3 is 2.52 bits per heavy atom. The first-order chi connectivity index (χ1) is 15.9. The van der Waals surface area contributed by atoms with Gasteiger partial charge in [0.05, 0.1) is 19.2 Å². The highest BCUT2D eigenvalue weighted by atomic mass is 16.5. The number of rotatable bonds is 14. The third-order valence-electron chi connectivity index (χ3n) is 6.01. The van der Waals surface area contributed by atoms with Crippen molar-refractivity contribution in [2.45, 2.75) is 77.7 Å². The highest BCUT2D eigenvalue weighted by Gasteiger charge is 2.44. The van der Waals surface area contributed by atoms with Gasteiger partial charge in [0, 0.05) is 31.6 Å². The fourth-order valence-corrected chi connectivity index (χ4v) is 4.24. The largest absolute Gasteiger partial charge is 0.469 e. The minimum Gasteiger partial charge on any atom is -0.469 e. The van der Waals surface area contributed by atoms with Crippen LogP contribution in [0.1, 0.15) is 71.6 Å². The first-order valence-corrected chi connectivity index (χ1v) is 11.8. The van der Waals surface area contributed by atoms with Crippen LogP contribution in [-0.2, 0) is 23.9 Å². The fourth-order valence-electron chi connectivity index (χ4n) is 4.24. The van der Waals surface area contributed by atoms with E-state index < -0.39 is 5.92 Å². The Labute approximate surface area is 197 Å². The standard InChI is InChI=1S/C26H36N2O5/c1-4-5-8-11-21(33-19(2)29)14-15-22-23(12-9-6-7-10-13-26(31)32-3)25(30)16-24(22)20(17-27)18-28/h6,9,14-15,20-24H,4-5,7-8,10-13,16H2,1-3H3/b9-6-,15-14+/t21-,22+,23+,24-/m0/s1. The zero-order chi connectivity index (χ0) is 24.6. The van der Waals surface area contributed by atoms with Crippen LogP contribution in [0.25, 0.3) is 0 Å². The highest BCUT2D eigenvalue weighted by Crippen LogP contribution is 2.42. The van der Waals surface area contributed by atoms with Crippen LogP contribution in [0.3, 0.4) is 0 Å². The van der Waals surface area contributed by atoms with Gasteiger partial charge in [-0.3, -0.25) is 14.4 Å². The quantitative estimate of drug-likeness (QED) is 0.209. The summed E-state index contributed by atoms with van der Waals surface area (Å²) in [5.74, 6) is -2.42. The number of carbonyl (C=O) groups excluding carboxylic acids is 3. The maximum absolute atomic E-state index is 12.8. The molecule has 1 saturated carbocycles. The zero-order valence-electron chi connectivity index (χ0n) is 20.0. The number of nitriles is 2. The van der Waals surface area contributed by atoms with Gasteiger partial charge in [0.25, 0.3) is 0 Å². The summed E-state index contributed by atoms with van der Waals surface area (Å²) in [6.45, 7) is 3.47. The number of esters is 2. The summed E-state index contributed by atoms with van der Waals surface area (Å²) in [5.41, 5.74) is 0. The lowest BCUT2D eigenvalue weighted by Gasteiger charge is -2.21. The number of ether oxygens (including phenoxy) is 2. The Kier molecular flexibility index (Phi) is 13.5. The minimum atomic E-state index is -0.870. The average molecular weight is 457 g/mol. The topological polar surface area (TPSA) is 117 Å². The highest BCUT2D eigenvalue weighted by molar-refractivity contribution is 5.84. The number of ketones is 1. The Bertz CT molecular complexity index is 775. The van der Waals surface area contributed by atoms with Crippen molar-refractivity contribution in [1.29, 1.82) is 10.5 Å². The van der Waals surface area contributed by atoms with Crippen LogP contribution < -0.4 is 0 Å². The number of Topliss-reactive ketones (excluding diaryl/α,β-unsaturated/α-hetero) is 1. The monoisotopic (exact) mass is 456 g/mol. The summed E-state index contributed by atoms with van der Waals surface area (Å²) in [6.07, 6.45) is 13.3. The second-order valence-corrected chi connectivity index (χ2v) is 8.46. The smallest absolute Gasteiger partial charge is 0.305 e. The molecule has 4 atom stereocenters. The van der Waals surface area contributed by atoms with E-state index >= 15 is 0 Å². The van der Waals surface area contributed by atoms with Crippen LogP contribution >= 0.6 is 0 Å². The fraction of sp³-hybridized carbons (Fsp3) is 0.654. The molecule has 0 aromatic heterocycles. The third kappa shape index (κ3) is 10.0. The molecular weight excluding hydrogens is 420 g/mol. The van der Waals surface area contributed by atoms with E-state index in [9.17, 15) is 24.9 Å². The number of allylic oxidation sites excluding steroid dienone is 3. The summed E-state index contributed by atoms with van der Waals surface area (Å²) >= 11 is 0. The molecule has 0 radical (unpaired) electrons. The lowest BCUT2D eigenvalue weighted by Crippen LogP contribution is -2.21. The van der Waals surface area contributed by atoms with Gasteiger partial charge in [-0.25, -0.2) is 0 Å². The molecule has 0 unspecified atom stereocenters.